The molecule has 3 saturated heterocycles. The van der Waals surface area contributed by atoms with Gasteiger partial charge in [-0.15, -0.1) is 17.8 Å². The maximum absolute atomic E-state index is 16.9. The van der Waals surface area contributed by atoms with Crippen LogP contribution < -0.4 is 9.64 Å². The number of hydrogen-bond donors (Lipinski definition) is 0. The topological polar surface area (TPSA) is 87.6 Å². The number of thiazole rings is 1. The average molecular weight is 728 g/mol. The van der Waals surface area contributed by atoms with Crippen LogP contribution in [0.1, 0.15) is 29.8 Å². The molecule has 266 valence electrons. The Balaban J connectivity index is 1.19. The summed E-state index contributed by atoms with van der Waals surface area (Å²) in [6, 6.07) is 9.71. The smallest absolute Gasteiger partial charge is 0.319 e. The van der Waals surface area contributed by atoms with E-state index in [1.165, 1.54) is 17.3 Å². The number of carbonyl (C=O) groups is 1. The van der Waals surface area contributed by atoms with Gasteiger partial charge in [-0.05, 0) is 30.8 Å². The Bertz CT molecular complexity index is 2260. The van der Waals surface area contributed by atoms with Crippen LogP contribution in [0.25, 0.3) is 39.0 Å². The van der Waals surface area contributed by atoms with Crippen LogP contribution in [0.2, 0.25) is 0 Å². The maximum Gasteiger partial charge on any atom is 0.319 e. The van der Waals surface area contributed by atoms with Crippen molar-refractivity contribution in [3.8, 4) is 29.6 Å². The summed E-state index contributed by atoms with van der Waals surface area (Å²) in [7, 11) is 1.57. The third-order valence-electron chi connectivity index (χ3n) is 10.4. The zero-order valence-corrected chi connectivity index (χ0v) is 28.9. The minimum atomic E-state index is -1.60. The monoisotopic (exact) mass is 727 g/mol. The minimum Gasteiger partial charge on any atom is -0.461 e. The molecule has 3 aliphatic heterocycles. The lowest BCUT2D eigenvalue weighted by Crippen LogP contribution is -2.43. The molecule has 2 aromatic carbocycles. The number of benzene rings is 2. The third-order valence-corrected chi connectivity index (χ3v) is 11.2. The average Bonchev–Trinajstić information content (AvgIpc) is 3.94. The molecule has 52 heavy (non-hydrogen) atoms. The number of ether oxygens (including phenoxy) is 1. The van der Waals surface area contributed by atoms with Gasteiger partial charge in [-0.2, -0.15) is 9.97 Å². The number of nitrogens with zero attached hydrogens (tertiary/aromatic N) is 7. The van der Waals surface area contributed by atoms with Gasteiger partial charge in [0, 0.05) is 66.9 Å². The molecule has 6 heterocycles. The fourth-order valence-electron chi connectivity index (χ4n) is 7.91. The molecule has 0 radical (unpaired) electrons. The highest BCUT2D eigenvalue weighted by Crippen LogP contribution is 2.41. The number of likely N-dealkylation sites (N-methyl/N-ethyl adjacent to an activating group) is 1. The van der Waals surface area contributed by atoms with Crippen LogP contribution in [0.4, 0.5) is 23.4 Å². The van der Waals surface area contributed by atoms with E-state index in [1.54, 1.807) is 30.6 Å². The van der Waals surface area contributed by atoms with Crippen molar-refractivity contribution in [3.05, 3.63) is 76.4 Å². The molecule has 0 aliphatic carbocycles. The standard InChI is InChI=1S/C38H33F4N7O2S/c1-3-22-7-4-8-23-9-5-10-25(31(22)23)33-32(42)34-26(17-44-33)35(46-37(45-34)51-21-38-11-6-13-49(38)18-24(39)16-38)47(2)29-20-48(19-28(29)41)36(50)27(40)15-30-43-12-14-52-30/h1,4-5,7-10,12,14-15,17,24,28-29H,6,11,13,16,18-21H2,2H3/b27-15-/t24?,28?,29?,38-/m0/s1. The van der Waals surface area contributed by atoms with Crippen LogP contribution in [0.5, 0.6) is 6.01 Å². The minimum absolute atomic E-state index is 0.000761. The lowest BCUT2D eigenvalue weighted by molar-refractivity contribution is -0.127. The number of anilines is 1. The molecule has 3 aliphatic rings. The first-order chi connectivity index (χ1) is 25.2. The number of carbonyl (C=O) groups excluding carboxylic acids is 1. The SMILES string of the molecule is C#Cc1cccc2cccc(-c3ncc4c(N(C)C5CN(C(=O)/C(F)=C/c6nccs6)CC5F)nc(OC[C@@]56CCCN5CC(F)C6)nc4c3F)c12. The molecule has 0 spiro atoms. The van der Waals surface area contributed by atoms with E-state index in [-0.39, 0.29) is 48.1 Å². The first-order valence-electron chi connectivity index (χ1n) is 17.0. The Hall–Kier alpha value is -5.13. The number of hydrogen-bond acceptors (Lipinski definition) is 9. The number of rotatable bonds is 8. The first kappa shape index (κ1) is 34.0. The molecule has 0 N–H and O–H groups in total. The number of pyridine rings is 1. The molecular formula is C38H33F4N7O2S. The molecular weight excluding hydrogens is 695 g/mol. The molecule has 0 bridgehead atoms. The molecule has 9 nitrogen and oxygen atoms in total. The van der Waals surface area contributed by atoms with Crippen LogP contribution in [-0.2, 0) is 4.79 Å². The van der Waals surface area contributed by atoms with Crippen LogP contribution >= 0.6 is 11.3 Å². The Morgan fingerprint density at radius 1 is 1.17 bits per heavy atom. The van der Waals surface area contributed by atoms with Crippen molar-refractivity contribution >= 4 is 50.8 Å². The van der Waals surface area contributed by atoms with Crippen LogP contribution in [0.15, 0.2) is 60.0 Å². The second-order valence-corrected chi connectivity index (χ2v) is 14.4. The predicted molar refractivity (Wildman–Crippen MR) is 192 cm³/mol. The van der Waals surface area contributed by atoms with Crippen molar-refractivity contribution < 1.29 is 27.1 Å². The van der Waals surface area contributed by atoms with Gasteiger partial charge in [-0.25, -0.2) is 22.5 Å². The van der Waals surface area contributed by atoms with Crippen molar-refractivity contribution in [2.75, 3.05) is 44.7 Å². The Kier molecular flexibility index (Phi) is 8.79. The Labute approximate surface area is 301 Å². The molecule has 3 aromatic heterocycles. The maximum atomic E-state index is 16.9. The molecule has 5 aromatic rings. The Morgan fingerprint density at radius 3 is 2.79 bits per heavy atom. The van der Waals surface area contributed by atoms with Crippen LogP contribution in [-0.4, -0.2) is 99.4 Å². The van der Waals surface area contributed by atoms with E-state index in [0.717, 1.165) is 47.1 Å². The molecule has 3 unspecified atom stereocenters. The fourth-order valence-corrected chi connectivity index (χ4v) is 8.47. The highest BCUT2D eigenvalue weighted by atomic mass is 32.1. The van der Waals surface area contributed by atoms with Gasteiger partial charge in [0.25, 0.3) is 5.91 Å². The van der Waals surface area contributed by atoms with Gasteiger partial charge in [0.1, 0.15) is 41.0 Å². The lowest BCUT2D eigenvalue weighted by atomic mass is 9.95. The highest BCUT2D eigenvalue weighted by molar-refractivity contribution is 7.10. The number of halogens is 4. The van der Waals surface area contributed by atoms with E-state index >= 15 is 8.78 Å². The zero-order valence-electron chi connectivity index (χ0n) is 28.1. The first-order valence-corrected chi connectivity index (χ1v) is 17.8. The molecule has 8 rings (SSSR count). The fraction of sp³-hybridized carbons (Fsp3) is 0.342. The van der Waals surface area contributed by atoms with E-state index < -0.39 is 41.5 Å². The highest BCUT2D eigenvalue weighted by Gasteiger charge is 2.49. The van der Waals surface area contributed by atoms with Crippen LogP contribution in [0, 0.1) is 18.2 Å². The van der Waals surface area contributed by atoms with E-state index in [1.807, 2.05) is 18.2 Å². The Morgan fingerprint density at radius 2 is 2.00 bits per heavy atom. The predicted octanol–water partition coefficient (Wildman–Crippen LogP) is 6.37. The van der Waals surface area contributed by atoms with Crippen molar-refractivity contribution in [3.63, 3.8) is 0 Å². The summed E-state index contributed by atoms with van der Waals surface area (Å²) in [5, 5.41) is 3.58. The normalized spacial score (nSPS) is 23.3. The van der Waals surface area contributed by atoms with Gasteiger partial charge in [-0.3, -0.25) is 14.7 Å². The van der Waals surface area contributed by atoms with Crippen LogP contribution in [0.3, 0.4) is 0 Å². The van der Waals surface area contributed by atoms with Gasteiger partial charge in [0.05, 0.1) is 23.5 Å². The van der Waals surface area contributed by atoms with Crippen molar-refractivity contribution in [2.45, 2.75) is 43.2 Å². The summed E-state index contributed by atoms with van der Waals surface area (Å²) in [4.78, 5) is 35.3. The van der Waals surface area contributed by atoms with Gasteiger partial charge >= 0.3 is 6.01 Å². The summed E-state index contributed by atoms with van der Waals surface area (Å²) < 4.78 is 68.4. The quantitative estimate of drug-likeness (QED) is 0.104. The number of alkyl halides is 2. The molecule has 3 fully saturated rings. The van der Waals surface area contributed by atoms with E-state index in [2.05, 4.69) is 30.8 Å². The number of fused-ring (bicyclic) bond motifs is 3. The summed E-state index contributed by atoms with van der Waals surface area (Å²) in [5.41, 5.74) is 0.369. The number of terminal acetylenes is 1. The van der Waals surface area contributed by atoms with Gasteiger partial charge in [0.2, 0.25) is 0 Å². The zero-order chi connectivity index (χ0) is 36.1. The number of likely N-dealkylation sites (tertiary alicyclic amines) is 1. The molecule has 1 amide bonds. The number of amides is 1. The van der Waals surface area contributed by atoms with Crippen molar-refractivity contribution in [2.24, 2.45) is 0 Å². The summed E-state index contributed by atoms with van der Waals surface area (Å²) >= 11 is 1.16. The van der Waals surface area contributed by atoms with Gasteiger partial charge in [0.15, 0.2) is 11.6 Å². The summed E-state index contributed by atoms with van der Waals surface area (Å²) in [6.07, 6.45) is 9.10. The van der Waals surface area contributed by atoms with Gasteiger partial charge in [-0.1, -0.05) is 36.3 Å². The van der Waals surface area contributed by atoms with E-state index in [0.29, 0.717) is 34.5 Å². The summed E-state index contributed by atoms with van der Waals surface area (Å²) in [5.74, 6) is -0.00923. The largest absolute Gasteiger partial charge is 0.461 e. The lowest BCUT2D eigenvalue weighted by Gasteiger charge is -2.31. The molecule has 0 saturated carbocycles. The van der Waals surface area contributed by atoms with Gasteiger partial charge < -0.3 is 14.5 Å². The van der Waals surface area contributed by atoms with Crippen molar-refractivity contribution in [1.82, 2.24) is 29.7 Å². The van der Waals surface area contributed by atoms with E-state index in [4.69, 9.17) is 11.2 Å². The second-order valence-electron chi connectivity index (χ2n) is 13.5. The second kappa shape index (κ2) is 13.4. The van der Waals surface area contributed by atoms with Crippen molar-refractivity contribution in [1.29, 1.82) is 0 Å². The molecule has 14 heteroatoms. The summed E-state index contributed by atoms with van der Waals surface area (Å²) in [6.45, 7) is 0.611. The third kappa shape index (κ3) is 5.91. The molecule has 4 atom stereocenters. The van der Waals surface area contributed by atoms with E-state index in [9.17, 15) is 13.6 Å². The number of aromatic nitrogens is 4.